The van der Waals surface area contributed by atoms with Crippen molar-refractivity contribution in [1.29, 1.82) is 0 Å². The van der Waals surface area contributed by atoms with Gasteiger partial charge in [0, 0.05) is 40.0 Å². The Morgan fingerprint density at radius 3 is 2.44 bits per heavy atom. The molecule has 0 saturated carbocycles. The molecule has 0 unspecified atom stereocenters. The smallest absolute Gasteiger partial charge is 0.308 e. The highest BCUT2D eigenvalue weighted by Crippen LogP contribution is 2.32. The largest absolute Gasteiger partial charge is 0.323 e. The maximum absolute atomic E-state index is 12.3. The lowest BCUT2D eigenvalue weighted by Crippen LogP contribution is -2.19. The van der Waals surface area contributed by atoms with Crippen molar-refractivity contribution in [1.82, 2.24) is 15.2 Å². The molecule has 2 amide bonds. The first-order valence-electron chi connectivity index (χ1n) is 9.98. The van der Waals surface area contributed by atoms with E-state index in [4.69, 9.17) is 0 Å². The number of urea groups is 1. The van der Waals surface area contributed by atoms with E-state index >= 15 is 0 Å². The van der Waals surface area contributed by atoms with Gasteiger partial charge in [0.05, 0.1) is 11.1 Å². The molecule has 9 nitrogen and oxygen atoms in total. The number of nitrogens with one attached hydrogen (secondary N) is 3. The fourth-order valence-electron chi connectivity index (χ4n) is 3.28. The Morgan fingerprint density at radius 2 is 1.75 bits per heavy atom. The SMILES string of the molecule is CC(C)(C)c1cc(-c2ccc(NC(=O)Nc3cccc([N+](=O)[O-])c3)cc2)c2cn[nH]c2n1. The predicted octanol–water partition coefficient (Wildman–Crippen LogP) is 5.47. The van der Waals surface area contributed by atoms with Crippen LogP contribution >= 0.6 is 0 Å². The molecule has 3 N–H and O–H groups in total. The number of H-pyrrole nitrogens is 1. The van der Waals surface area contributed by atoms with Crippen molar-refractivity contribution in [3.63, 3.8) is 0 Å². The number of fused-ring (bicyclic) bond motifs is 1. The monoisotopic (exact) mass is 430 g/mol. The van der Waals surface area contributed by atoms with Crippen LogP contribution in [0.5, 0.6) is 0 Å². The summed E-state index contributed by atoms with van der Waals surface area (Å²) in [6.45, 7) is 6.32. The van der Waals surface area contributed by atoms with E-state index in [0.29, 0.717) is 11.4 Å². The molecular weight excluding hydrogens is 408 g/mol. The first-order valence-corrected chi connectivity index (χ1v) is 9.98. The molecule has 4 rings (SSSR count). The number of hydrogen-bond acceptors (Lipinski definition) is 5. The molecule has 0 fully saturated rings. The zero-order chi connectivity index (χ0) is 22.9. The summed E-state index contributed by atoms with van der Waals surface area (Å²) in [6.07, 6.45) is 1.75. The van der Waals surface area contributed by atoms with Crippen molar-refractivity contribution in [2.45, 2.75) is 26.2 Å². The number of nitro groups is 1. The van der Waals surface area contributed by atoms with Crippen molar-refractivity contribution < 1.29 is 9.72 Å². The molecule has 0 aliphatic carbocycles. The van der Waals surface area contributed by atoms with Crippen molar-refractivity contribution >= 4 is 34.1 Å². The number of carbonyl (C=O) groups excluding carboxylic acids is 1. The van der Waals surface area contributed by atoms with Gasteiger partial charge in [-0.2, -0.15) is 5.10 Å². The van der Waals surface area contributed by atoms with Crippen LogP contribution in [-0.2, 0) is 5.41 Å². The molecule has 0 aliphatic heterocycles. The lowest BCUT2D eigenvalue weighted by atomic mass is 9.89. The number of carbonyl (C=O) groups is 1. The lowest BCUT2D eigenvalue weighted by Gasteiger charge is -2.19. The third kappa shape index (κ3) is 4.41. The molecule has 162 valence electrons. The Hall–Kier alpha value is -4.27. The Labute approximate surface area is 184 Å². The van der Waals surface area contributed by atoms with Crippen molar-refractivity contribution in [3.05, 3.63) is 76.6 Å². The second-order valence-electron chi connectivity index (χ2n) is 8.40. The number of anilines is 2. The first kappa shape index (κ1) is 21.0. The van der Waals surface area contributed by atoms with E-state index in [9.17, 15) is 14.9 Å². The number of amides is 2. The highest BCUT2D eigenvalue weighted by molar-refractivity contribution is 6.00. The minimum absolute atomic E-state index is 0.0929. The van der Waals surface area contributed by atoms with Gasteiger partial charge >= 0.3 is 6.03 Å². The van der Waals surface area contributed by atoms with E-state index in [1.807, 2.05) is 12.1 Å². The van der Waals surface area contributed by atoms with E-state index in [2.05, 4.69) is 52.7 Å². The molecule has 0 spiro atoms. The highest BCUT2D eigenvalue weighted by atomic mass is 16.6. The van der Waals surface area contributed by atoms with Gasteiger partial charge < -0.3 is 10.6 Å². The Balaban J connectivity index is 1.54. The van der Waals surface area contributed by atoms with Gasteiger partial charge in [0.2, 0.25) is 0 Å². The zero-order valence-corrected chi connectivity index (χ0v) is 17.8. The van der Waals surface area contributed by atoms with Crippen LogP contribution in [-0.4, -0.2) is 26.1 Å². The van der Waals surface area contributed by atoms with Crippen LogP contribution in [0.2, 0.25) is 0 Å². The van der Waals surface area contributed by atoms with Gasteiger partial charge in [-0.15, -0.1) is 0 Å². The van der Waals surface area contributed by atoms with Gasteiger partial charge in [-0.25, -0.2) is 9.78 Å². The highest BCUT2D eigenvalue weighted by Gasteiger charge is 2.19. The summed E-state index contributed by atoms with van der Waals surface area (Å²) in [5.41, 5.74) is 4.35. The first-order chi connectivity index (χ1) is 15.2. The van der Waals surface area contributed by atoms with E-state index in [0.717, 1.165) is 27.9 Å². The summed E-state index contributed by atoms with van der Waals surface area (Å²) in [5, 5.41) is 24.2. The van der Waals surface area contributed by atoms with E-state index in [-0.39, 0.29) is 11.1 Å². The van der Waals surface area contributed by atoms with Crippen LogP contribution in [0, 0.1) is 10.1 Å². The normalized spacial score (nSPS) is 11.3. The quantitative estimate of drug-likeness (QED) is 0.292. The molecule has 0 radical (unpaired) electrons. The lowest BCUT2D eigenvalue weighted by molar-refractivity contribution is -0.384. The average Bonchev–Trinajstić information content (AvgIpc) is 3.22. The van der Waals surface area contributed by atoms with Crippen LogP contribution in [0.15, 0.2) is 60.8 Å². The third-order valence-electron chi connectivity index (χ3n) is 4.96. The average molecular weight is 430 g/mol. The molecule has 2 heterocycles. The predicted molar refractivity (Wildman–Crippen MR) is 124 cm³/mol. The van der Waals surface area contributed by atoms with Gasteiger partial charge in [-0.05, 0) is 35.4 Å². The molecule has 9 heteroatoms. The van der Waals surface area contributed by atoms with Crippen LogP contribution in [0.3, 0.4) is 0 Å². The summed E-state index contributed by atoms with van der Waals surface area (Å²) in [7, 11) is 0. The minimum Gasteiger partial charge on any atom is -0.308 e. The minimum atomic E-state index is -0.511. The Bertz CT molecular complexity index is 1310. The van der Waals surface area contributed by atoms with Crippen LogP contribution < -0.4 is 10.6 Å². The van der Waals surface area contributed by atoms with Gasteiger partial charge in [-0.1, -0.05) is 39.0 Å². The van der Waals surface area contributed by atoms with Gasteiger partial charge in [0.15, 0.2) is 5.65 Å². The van der Waals surface area contributed by atoms with Gasteiger partial charge in [-0.3, -0.25) is 15.2 Å². The topological polar surface area (TPSA) is 126 Å². The fraction of sp³-hybridized carbons (Fsp3) is 0.174. The number of aromatic nitrogens is 3. The summed E-state index contributed by atoms with van der Waals surface area (Å²) >= 11 is 0. The number of nitro benzene ring substituents is 1. The maximum atomic E-state index is 12.3. The summed E-state index contributed by atoms with van der Waals surface area (Å²) in [4.78, 5) is 27.4. The molecular formula is C23H22N6O3. The number of hydrogen-bond donors (Lipinski definition) is 3. The fourth-order valence-corrected chi connectivity index (χ4v) is 3.28. The molecule has 2 aromatic carbocycles. The number of aromatic amines is 1. The van der Waals surface area contributed by atoms with Gasteiger partial charge in [0.1, 0.15) is 0 Å². The number of pyridine rings is 1. The van der Waals surface area contributed by atoms with Crippen LogP contribution in [0.4, 0.5) is 21.9 Å². The molecule has 0 bridgehead atoms. The molecule has 4 aromatic rings. The van der Waals surface area contributed by atoms with Crippen LogP contribution in [0.25, 0.3) is 22.2 Å². The second kappa shape index (κ2) is 8.10. The summed E-state index contributed by atoms with van der Waals surface area (Å²) < 4.78 is 0. The number of benzene rings is 2. The van der Waals surface area contributed by atoms with E-state index < -0.39 is 11.0 Å². The standard InChI is InChI=1S/C23H22N6O3/c1-23(2,3)20-12-18(19-13-24-28-21(19)27-20)14-7-9-15(10-8-14)25-22(30)26-16-5-4-6-17(11-16)29(31)32/h4-13H,1-3H3,(H,24,27,28)(H2,25,26,30). The second-order valence-corrected chi connectivity index (χ2v) is 8.40. The third-order valence-corrected chi connectivity index (χ3v) is 4.96. The van der Waals surface area contributed by atoms with E-state index in [1.54, 1.807) is 24.4 Å². The van der Waals surface area contributed by atoms with Crippen molar-refractivity contribution in [3.8, 4) is 11.1 Å². The number of non-ortho nitro benzene ring substituents is 1. The molecule has 2 aromatic heterocycles. The Kier molecular flexibility index (Phi) is 5.31. The van der Waals surface area contributed by atoms with E-state index in [1.165, 1.54) is 18.2 Å². The Morgan fingerprint density at radius 1 is 1.03 bits per heavy atom. The maximum Gasteiger partial charge on any atom is 0.323 e. The number of nitrogens with zero attached hydrogens (tertiary/aromatic N) is 3. The van der Waals surface area contributed by atoms with Crippen molar-refractivity contribution in [2.24, 2.45) is 0 Å². The molecule has 0 atom stereocenters. The number of rotatable bonds is 4. The van der Waals surface area contributed by atoms with Crippen molar-refractivity contribution in [2.75, 3.05) is 10.6 Å². The molecule has 0 saturated heterocycles. The summed E-state index contributed by atoms with van der Waals surface area (Å²) in [5.74, 6) is 0. The summed E-state index contributed by atoms with van der Waals surface area (Å²) in [6, 6.07) is 14.8. The van der Waals surface area contributed by atoms with Crippen LogP contribution in [0.1, 0.15) is 26.5 Å². The van der Waals surface area contributed by atoms with Gasteiger partial charge in [0.25, 0.3) is 5.69 Å². The zero-order valence-electron chi connectivity index (χ0n) is 17.8. The molecule has 0 aliphatic rings. The molecule has 32 heavy (non-hydrogen) atoms.